The molecular weight excluding hydrogens is 264 g/mol. The van der Waals surface area contributed by atoms with Crippen LogP contribution in [0.15, 0.2) is 24.3 Å². The van der Waals surface area contributed by atoms with Gasteiger partial charge in [0.25, 0.3) is 0 Å². The van der Waals surface area contributed by atoms with Crippen LogP contribution in [0.4, 0.5) is 0 Å². The molecule has 1 aliphatic heterocycles. The van der Waals surface area contributed by atoms with E-state index in [0.29, 0.717) is 11.4 Å². The molecule has 3 rings (SSSR count). The molecule has 3 atom stereocenters. The molecule has 19 heavy (non-hydrogen) atoms. The lowest BCUT2D eigenvalue weighted by molar-refractivity contribution is -0.261. The van der Waals surface area contributed by atoms with Crippen LogP contribution >= 0.6 is 11.6 Å². The highest BCUT2D eigenvalue weighted by Crippen LogP contribution is 2.52. The summed E-state index contributed by atoms with van der Waals surface area (Å²) < 4.78 is 12.0. The summed E-state index contributed by atoms with van der Waals surface area (Å²) in [6, 6.07) is 7.62. The molecule has 4 heteroatoms. The number of halogens is 1. The van der Waals surface area contributed by atoms with Crippen LogP contribution in [0.5, 0.6) is 0 Å². The van der Waals surface area contributed by atoms with E-state index >= 15 is 0 Å². The minimum absolute atomic E-state index is 0.0394. The third kappa shape index (κ3) is 2.95. The first kappa shape index (κ1) is 13.4. The molecule has 1 spiro atoms. The summed E-state index contributed by atoms with van der Waals surface area (Å²) in [5.74, 6) is 0. The molecule has 1 aromatic rings. The van der Waals surface area contributed by atoms with Crippen molar-refractivity contribution in [2.24, 2.45) is 0 Å². The Bertz CT molecular complexity index is 456. The van der Waals surface area contributed by atoms with Crippen molar-refractivity contribution < 1.29 is 14.6 Å². The average Bonchev–Trinajstić information content (AvgIpc) is 3.07. The number of hydrogen-bond acceptors (Lipinski definition) is 3. The zero-order valence-corrected chi connectivity index (χ0v) is 11.8. The highest BCUT2D eigenvalue weighted by Gasteiger charge is 2.51. The average molecular weight is 283 g/mol. The van der Waals surface area contributed by atoms with E-state index in [0.717, 1.165) is 24.8 Å². The van der Waals surface area contributed by atoms with Gasteiger partial charge in [-0.2, -0.15) is 0 Å². The lowest BCUT2D eigenvalue weighted by Crippen LogP contribution is -2.36. The molecule has 1 aliphatic carbocycles. The number of aliphatic hydroxyl groups excluding tert-OH is 1. The molecular formula is C15H19ClO3. The number of rotatable bonds is 3. The van der Waals surface area contributed by atoms with Gasteiger partial charge >= 0.3 is 0 Å². The number of ether oxygens (including phenoxy) is 2. The Hall–Kier alpha value is -0.610. The van der Waals surface area contributed by atoms with Crippen LogP contribution in [0.25, 0.3) is 0 Å². The second-order valence-corrected chi connectivity index (χ2v) is 6.11. The summed E-state index contributed by atoms with van der Waals surface area (Å²) in [6.07, 6.45) is 2.95. The minimum atomic E-state index is -0.409. The van der Waals surface area contributed by atoms with Gasteiger partial charge < -0.3 is 14.6 Å². The number of benzene rings is 1. The summed E-state index contributed by atoms with van der Waals surface area (Å²) in [7, 11) is 0. The van der Waals surface area contributed by atoms with Gasteiger partial charge in [0, 0.05) is 17.0 Å². The van der Waals surface area contributed by atoms with Crippen LogP contribution in [-0.2, 0) is 9.47 Å². The maximum Gasteiger partial charge on any atom is 0.186 e. The molecule has 1 N–H and O–H groups in total. The van der Waals surface area contributed by atoms with Crippen LogP contribution in [-0.4, -0.2) is 22.9 Å². The van der Waals surface area contributed by atoms with Gasteiger partial charge in [0.05, 0.1) is 17.8 Å². The van der Waals surface area contributed by atoms with Crippen molar-refractivity contribution in [2.45, 2.75) is 56.7 Å². The fraction of sp³-hybridized carbons (Fsp3) is 0.600. The van der Waals surface area contributed by atoms with Crippen molar-refractivity contribution >= 4 is 11.6 Å². The third-order valence-corrected chi connectivity index (χ3v) is 4.19. The first-order valence-electron chi connectivity index (χ1n) is 6.84. The summed E-state index contributed by atoms with van der Waals surface area (Å²) in [5, 5.41) is 10.2. The van der Waals surface area contributed by atoms with E-state index in [2.05, 4.69) is 0 Å². The predicted molar refractivity (Wildman–Crippen MR) is 73.0 cm³/mol. The monoisotopic (exact) mass is 282 g/mol. The fourth-order valence-electron chi connectivity index (χ4n) is 2.72. The van der Waals surface area contributed by atoms with Gasteiger partial charge in [0.15, 0.2) is 6.29 Å². The molecule has 0 radical (unpaired) electrons. The lowest BCUT2D eigenvalue weighted by atomic mass is 10.0. The van der Waals surface area contributed by atoms with Gasteiger partial charge in [-0.25, -0.2) is 0 Å². The first-order chi connectivity index (χ1) is 9.08. The van der Waals surface area contributed by atoms with Gasteiger partial charge in [-0.3, -0.25) is 0 Å². The van der Waals surface area contributed by atoms with Crippen molar-refractivity contribution in [1.29, 1.82) is 0 Å². The Kier molecular flexibility index (Phi) is 3.56. The standard InChI is InChI=1S/C15H19ClO3/c1-10(17)8-11-9-15(6-7-15)19-14(18-11)12-4-2-3-5-13(12)16/h2-5,10-11,14,17H,6-9H2,1H3. The molecule has 2 fully saturated rings. The molecule has 1 heterocycles. The first-order valence-corrected chi connectivity index (χ1v) is 7.22. The lowest BCUT2D eigenvalue weighted by Gasteiger charge is -2.37. The molecule has 2 aliphatic rings. The molecule has 3 unspecified atom stereocenters. The zero-order chi connectivity index (χ0) is 13.5. The van der Waals surface area contributed by atoms with Crippen LogP contribution < -0.4 is 0 Å². The molecule has 1 saturated heterocycles. The van der Waals surface area contributed by atoms with E-state index in [1.54, 1.807) is 6.92 Å². The predicted octanol–water partition coefficient (Wildman–Crippen LogP) is 3.45. The van der Waals surface area contributed by atoms with E-state index in [4.69, 9.17) is 21.1 Å². The van der Waals surface area contributed by atoms with Crippen LogP contribution in [0.2, 0.25) is 5.02 Å². The van der Waals surface area contributed by atoms with Gasteiger partial charge in [-0.15, -0.1) is 0 Å². The third-order valence-electron chi connectivity index (χ3n) is 3.84. The van der Waals surface area contributed by atoms with Crippen molar-refractivity contribution in [3.05, 3.63) is 34.9 Å². The highest BCUT2D eigenvalue weighted by molar-refractivity contribution is 6.31. The Balaban J connectivity index is 1.79. The molecule has 3 nitrogen and oxygen atoms in total. The Morgan fingerprint density at radius 1 is 1.42 bits per heavy atom. The van der Waals surface area contributed by atoms with Crippen LogP contribution in [0, 0.1) is 0 Å². The van der Waals surface area contributed by atoms with E-state index in [1.807, 2.05) is 24.3 Å². The van der Waals surface area contributed by atoms with E-state index in [-0.39, 0.29) is 17.8 Å². The normalized spacial score (nSPS) is 30.3. The zero-order valence-electron chi connectivity index (χ0n) is 11.0. The van der Waals surface area contributed by atoms with Crippen molar-refractivity contribution in [2.75, 3.05) is 0 Å². The van der Waals surface area contributed by atoms with Crippen LogP contribution in [0.1, 0.15) is 44.5 Å². The summed E-state index contributed by atoms with van der Waals surface area (Å²) in [4.78, 5) is 0. The summed E-state index contributed by atoms with van der Waals surface area (Å²) >= 11 is 6.22. The molecule has 1 aromatic carbocycles. The molecule has 1 saturated carbocycles. The van der Waals surface area contributed by atoms with E-state index < -0.39 is 6.29 Å². The minimum Gasteiger partial charge on any atom is -0.393 e. The number of aliphatic hydroxyl groups is 1. The Labute approximate surface area is 118 Å². The summed E-state index contributed by atoms with van der Waals surface area (Å²) in [6.45, 7) is 1.79. The van der Waals surface area contributed by atoms with Gasteiger partial charge in [-0.05, 0) is 32.3 Å². The highest BCUT2D eigenvalue weighted by atomic mass is 35.5. The molecule has 0 aromatic heterocycles. The maximum atomic E-state index is 9.56. The van der Waals surface area contributed by atoms with Gasteiger partial charge in [0.2, 0.25) is 0 Å². The molecule has 0 amide bonds. The quantitative estimate of drug-likeness (QED) is 0.923. The largest absolute Gasteiger partial charge is 0.393 e. The van der Waals surface area contributed by atoms with Crippen molar-refractivity contribution in [3.63, 3.8) is 0 Å². The fourth-order valence-corrected chi connectivity index (χ4v) is 2.95. The molecule has 0 bridgehead atoms. The van der Waals surface area contributed by atoms with E-state index in [9.17, 15) is 5.11 Å². The Morgan fingerprint density at radius 3 is 2.79 bits per heavy atom. The summed E-state index contributed by atoms with van der Waals surface area (Å²) in [5.41, 5.74) is 0.840. The second kappa shape index (κ2) is 5.06. The van der Waals surface area contributed by atoms with Crippen LogP contribution in [0.3, 0.4) is 0 Å². The molecule has 104 valence electrons. The Morgan fingerprint density at radius 2 is 2.16 bits per heavy atom. The van der Waals surface area contributed by atoms with E-state index in [1.165, 1.54) is 0 Å². The van der Waals surface area contributed by atoms with Gasteiger partial charge in [-0.1, -0.05) is 29.8 Å². The number of hydrogen-bond donors (Lipinski definition) is 1. The SMILES string of the molecule is CC(O)CC1CC2(CC2)OC(c2ccccc2Cl)O1. The van der Waals surface area contributed by atoms with Crippen molar-refractivity contribution in [3.8, 4) is 0 Å². The second-order valence-electron chi connectivity index (χ2n) is 5.70. The van der Waals surface area contributed by atoms with Crippen molar-refractivity contribution in [1.82, 2.24) is 0 Å². The maximum absolute atomic E-state index is 9.56. The van der Waals surface area contributed by atoms with Gasteiger partial charge in [0.1, 0.15) is 0 Å². The topological polar surface area (TPSA) is 38.7 Å². The smallest absolute Gasteiger partial charge is 0.186 e.